The summed E-state index contributed by atoms with van der Waals surface area (Å²) in [5.74, 6) is -0.118. The topological polar surface area (TPSA) is 96.0 Å². The van der Waals surface area contributed by atoms with Crippen LogP contribution in [0.5, 0.6) is 5.75 Å². The van der Waals surface area contributed by atoms with Gasteiger partial charge in [-0.3, -0.25) is 13.9 Å². The van der Waals surface area contributed by atoms with Gasteiger partial charge in [0.15, 0.2) is 0 Å². The number of nitrogens with zero attached hydrogens (tertiary/aromatic N) is 2. The lowest BCUT2D eigenvalue weighted by Crippen LogP contribution is -2.51. The van der Waals surface area contributed by atoms with E-state index in [1.54, 1.807) is 56.5 Å². The summed E-state index contributed by atoms with van der Waals surface area (Å²) in [6.45, 7) is 7.68. The Balaban J connectivity index is 2.00. The van der Waals surface area contributed by atoms with E-state index >= 15 is 0 Å². The first-order valence-corrected chi connectivity index (χ1v) is 14.9. The molecule has 0 bridgehead atoms. The molecule has 0 aromatic heterocycles. The molecular formula is C31H39N3O5S. The number of methoxy groups -OCH3 is 1. The molecule has 0 spiro atoms. The standard InChI is InChI=1S/C31H39N3O5S/c1-6-7-19-32-31(36)25(4)33(21-26-14-17-28(39-5)18-15-26)30(35)22-34(27-16-13-23(2)24(3)20-27)40(37,38)29-11-9-8-10-12-29/h8-18,20,25H,6-7,19,21-22H2,1-5H3,(H,32,36). The molecule has 0 saturated carbocycles. The van der Waals surface area contributed by atoms with Crippen molar-refractivity contribution in [1.29, 1.82) is 0 Å². The number of hydrogen-bond acceptors (Lipinski definition) is 5. The van der Waals surface area contributed by atoms with E-state index in [4.69, 9.17) is 4.74 Å². The number of carbonyl (C=O) groups excluding carboxylic acids is 2. The van der Waals surface area contributed by atoms with Crippen LogP contribution in [-0.4, -0.2) is 51.4 Å². The molecule has 1 N–H and O–H groups in total. The van der Waals surface area contributed by atoms with Crippen LogP contribution in [0.15, 0.2) is 77.7 Å². The number of ether oxygens (including phenoxy) is 1. The molecule has 3 aromatic rings. The Kier molecular flexibility index (Phi) is 10.7. The molecule has 0 aliphatic carbocycles. The molecule has 0 aliphatic heterocycles. The maximum atomic E-state index is 14.0. The lowest BCUT2D eigenvalue weighted by atomic mass is 10.1. The number of rotatable bonds is 13. The summed E-state index contributed by atoms with van der Waals surface area (Å²) in [6, 6.07) is 19.7. The van der Waals surface area contributed by atoms with E-state index in [1.807, 2.05) is 39.0 Å². The molecule has 40 heavy (non-hydrogen) atoms. The minimum Gasteiger partial charge on any atom is -0.497 e. The van der Waals surface area contributed by atoms with Gasteiger partial charge in [-0.25, -0.2) is 8.42 Å². The molecule has 9 heteroatoms. The van der Waals surface area contributed by atoms with Crippen molar-refractivity contribution in [3.63, 3.8) is 0 Å². The highest BCUT2D eigenvalue weighted by Gasteiger charge is 2.32. The fourth-order valence-corrected chi connectivity index (χ4v) is 5.60. The monoisotopic (exact) mass is 565 g/mol. The van der Waals surface area contributed by atoms with Crippen LogP contribution in [0.3, 0.4) is 0 Å². The molecule has 214 valence electrons. The van der Waals surface area contributed by atoms with Crippen molar-refractivity contribution in [3.8, 4) is 5.75 Å². The third-order valence-corrected chi connectivity index (χ3v) is 8.69. The lowest BCUT2D eigenvalue weighted by molar-refractivity contribution is -0.139. The van der Waals surface area contributed by atoms with Gasteiger partial charge in [-0.15, -0.1) is 0 Å². The summed E-state index contributed by atoms with van der Waals surface area (Å²) in [6.07, 6.45) is 1.74. The van der Waals surface area contributed by atoms with Crippen LogP contribution in [-0.2, 0) is 26.2 Å². The highest BCUT2D eigenvalue weighted by molar-refractivity contribution is 7.92. The molecule has 1 unspecified atom stereocenters. The van der Waals surface area contributed by atoms with Crippen LogP contribution in [0.25, 0.3) is 0 Å². The zero-order valence-electron chi connectivity index (χ0n) is 23.9. The van der Waals surface area contributed by atoms with Crippen molar-refractivity contribution in [2.45, 2.75) is 58.0 Å². The summed E-state index contributed by atoms with van der Waals surface area (Å²) in [5.41, 5.74) is 3.07. The van der Waals surface area contributed by atoms with Crippen molar-refractivity contribution in [2.24, 2.45) is 0 Å². The summed E-state index contributed by atoms with van der Waals surface area (Å²) < 4.78 is 34.1. The van der Waals surface area contributed by atoms with E-state index in [2.05, 4.69) is 5.32 Å². The van der Waals surface area contributed by atoms with Crippen molar-refractivity contribution in [3.05, 3.63) is 89.5 Å². The van der Waals surface area contributed by atoms with Gasteiger partial charge >= 0.3 is 0 Å². The molecule has 0 heterocycles. The number of hydrogen-bond donors (Lipinski definition) is 1. The second kappa shape index (κ2) is 14.0. The minimum absolute atomic E-state index is 0.0769. The van der Waals surface area contributed by atoms with Gasteiger partial charge in [0.25, 0.3) is 10.0 Å². The van der Waals surface area contributed by atoms with E-state index in [9.17, 15) is 18.0 Å². The minimum atomic E-state index is -4.09. The first kappa shape index (κ1) is 30.7. The van der Waals surface area contributed by atoms with E-state index in [0.29, 0.717) is 18.0 Å². The highest BCUT2D eigenvalue weighted by Crippen LogP contribution is 2.26. The van der Waals surface area contributed by atoms with Crippen LogP contribution in [0, 0.1) is 13.8 Å². The maximum absolute atomic E-state index is 14.0. The summed E-state index contributed by atoms with van der Waals surface area (Å²) in [5, 5.41) is 2.89. The Labute approximate surface area is 238 Å². The second-order valence-corrected chi connectivity index (χ2v) is 11.6. The van der Waals surface area contributed by atoms with Gasteiger partial charge in [-0.1, -0.05) is 49.7 Å². The molecule has 3 aromatic carbocycles. The third-order valence-electron chi connectivity index (χ3n) is 6.90. The second-order valence-electron chi connectivity index (χ2n) is 9.78. The van der Waals surface area contributed by atoms with E-state index in [1.165, 1.54) is 17.0 Å². The van der Waals surface area contributed by atoms with Crippen LogP contribution >= 0.6 is 0 Å². The number of benzene rings is 3. The fraction of sp³-hybridized carbons (Fsp3) is 0.355. The number of aryl methyl sites for hydroxylation is 2. The normalized spacial score (nSPS) is 11.9. The van der Waals surface area contributed by atoms with Gasteiger partial charge < -0.3 is 15.0 Å². The molecule has 0 fully saturated rings. The predicted molar refractivity (Wildman–Crippen MR) is 158 cm³/mol. The first-order chi connectivity index (χ1) is 19.1. The summed E-state index contributed by atoms with van der Waals surface area (Å²) >= 11 is 0. The van der Waals surface area contributed by atoms with Gasteiger partial charge in [0.1, 0.15) is 18.3 Å². The van der Waals surface area contributed by atoms with Crippen molar-refractivity contribution in [1.82, 2.24) is 10.2 Å². The molecule has 2 amide bonds. The average molecular weight is 566 g/mol. The largest absolute Gasteiger partial charge is 0.497 e. The Morgan fingerprint density at radius 3 is 2.23 bits per heavy atom. The number of nitrogens with one attached hydrogen (secondary N) is 1. The number of carbonyl (C=O) groups is 2. The third kappa shape index (κ3) is 7.63. The van der Waals surface area contributed by atoms with Gasteiger partial charge in [-0.05, 0) is 80.3 Å². The van der Waals surface area contributed by atoms with Crippen molar-refractivity contribution in [2.75, 3.05) is 24.5 Å². The van der Waals surface area contributed by atoms with E-state index in [0.717, 1.165) is 33.8 Å². The molecular weight excluding hydrogens is 526 g/mol. The molecule has 3 rings (SSSR count). The zero-order valence-corrected chi connectivity index (χ0v) is 24.7. The molecule has 8 nitrogen and oxygen atoms in total. The number of unbranched alkanes of at least 4 members (excludes halogenated alkanes) is 1. The Morgan fingerprint density at radius 2 is 1.62 bits per heavy atom. The van der Waals surface area contributed by atoms with Crippen LogP contribution < -0.4 is 14.4 Å². The number of sulfonamides is 1. The summed E-state index contributed by atoms with van der Waals surface area (Å²) in [4.78, 5) is 28.5. The van der Waals surface area contributed by atoms with Gasteiger partial charge in [0.05, 0.1) is 17.7 Å². The average Bonchev–Trinajstić information content (AvgIpc) is 2.96. The van der Waals surface area contributed by atoms with Crippen molar-refractivity contribution < 1.29 is 22.7 Å². The number of anilines is 1. The van der Waals surface area contributed by atoms with Crippen LogP contribution in [0.4, 0.5) is 5.69 Å². The van der Waals surface area contributed by atoms with E-state index < -0.39 is 28.5 Å². The van der Waals surface area contributed by atoms with Crippen LogP contribution in [0.1, 0.15) is 43.4 Å². The molecule has 0 aliphatic rings. The Hall–Kier alpha value is -3.85. The lowest BCUT2D eigenvalue weighted by Gasteiger charge is -2.32. The number of amides is 2. The fourth-order valence-electron chi connectivity index (χ4n) is 4.18. The Bertz CT molecular complexity index is 1390. The molecule has 0 radical (unpaired) electrons. The Morgan fingerprint density at radius 1 is 0.950 bits per heavy atom. The van der Waals surface area contributed by atoms with Gasteiger partial charge in [-0.2, -0.15) is 0 Å². The SMILES string of the molecule is CCCCNC(=O)C(C)N(Cc1ccc(OC)cc1)C(=O)CN(c1ccc(C)c(C)c1)S(=O)(=O)c1ccccc1. The zero-order chi connectivity index (χ0) is 29.3. The quantitative estimate of drug-likeness (QED) is 0.299. The predicted octanol–water partition coefficient (Wildman–Crippen LogP) is 4.84. The van der Waals surface area contributed by atoms with Gasteiger partial charge in [0, 0.05) is 13.1 Å². The first-order valence-electron chi connectivity index (χ1n) is 13.4. The van der Waals surface area contributed by atoms with E-state index in [-0.39, 0.29) is 17.3 Å². The summed E-state index contributed by atoms with van der Waals surface area (Å²) in [7, 11) is -2.52. The van der Waals surface area contributed by atoms with Crippen LogP contribution in [0.2, 0.25) is 0 Å². The highest BCUT2D eigenvalue weighted by atomic mass is 32.2. The van der Waals surface area contributed by atoms with Crippen molar-refractivity contribution >= 4 is 27.5 Å². The smallest absolute Gasteiger partial charge is 0.264 e. The maximum Gasteiger partial charge on any atom is 0.264 e. The molecule has 0 saturated heterocycles. The van der Waals surface area contributed by atoms with Gasteiger partial charge in [0.2, 0.25) is 11.8 Å². The molecule has 1 atom stereocenters.